The number of aliphatic hydroxyl groups excluding tert-OH is 1. The van der Waals surface area contributed by atoms with E-state index >= 15 is 0 Å². The lowest BCUT2D eigenvalue weighted by Crippen LogP contribution is -2.15. The quantitative estimate of drug-likeness (QED) is 0.814. The van der Waals surface area contributed by atoms with Crippen molar-refractivity contribution < 1.29 is 9.90 Å². The summed E-state index contributed by atoms with van der Waals surface area (Å²) in [5.74, 6) is 0.155. The number of carbonyl (C=O) groups is 1. The molecule has 0 aliphatic rings. The summed E-state index contributed by atoms with van der Waals surface area (Å²) in [4.78, 5) is 11.3. The van der Waals surface area contributed by atoms with Crippen molar-refractivity contribution >= 4 is 23.3 Å². The minimum Gasteiger partial charge on any atom is -0.393 e. The Morgan fingerprint density at radius 2 is 2.33 bits per heavy atom. The molecule has 5 nitrogen and oxygen atoms in total. The molecule has 1 heterocycles. The molecule has 6 heteroatoms. The van der Waals surface area contributed by atoms with Gasteiger partial charge in [0.1, 0.15) is 0 Å². The van der Waals surface area contributed by atoms with Crippen LogP contribution in [0.15, 0.2) is 12.1 Å². The molecule has 0 aromatic carbocycles. The maximum atomic E-state index is 11.3. The molecule has 2 N–H and O–H groups in total. The molecular formula is C9H12ClN3O2. The lowest BCUT2D eigenvalue weighted by molar-refractivity contribution is -0.116. The van der Waals surface area contributed by atoms with Gasteiger partial charge in [0.05, 0.1) is 6.10 Å². The molecule has 0 saturated carbocycles. The van der Waals surface area contributed by atoms with Crippen molar-refractivity contribution in [2.75, 3.05) is 5.32 Å². The van der Waals surface area contributed by atoms with Gasteiger partial charge in [-0.2, -0.15) is 0 Å². The zero-order valence-electron chi connectivity index (χ0n) is 8.27. The number of nitrogens with zero attached hydrogens (tertiary/aromatic N) is 2. The van der Waals surface area contributed by atoms with Gasteiger partial charge in [-0.15, -0.1) is 10.2 Å². The van der Waals surface area contributed by atoms with Gasteiger partial charge in [0.25, 0.3) is 0 Å². The standard InChI is InChI=1S/C9H12ClN3O2/c1-6(14)2-5-9(15)11-8-4-3-7(10)12-13-8/h3-4,6,14H,2,5H2,1H3,(H,11,13,15). The number of aromatic nitrogens is 2. The van der Waals surface area contributed by atoms with Gasteiger partial charge in [-0.1, -0.05) is 11.6 Å². The molecule has 0 saturated heterocycles. The van der Waals surface area contributed by atoms with Gasteiger partial charge in [0, 0.05) is 6.42 Å². The van der Waals surface area contributed by atoms with Crippen molar-refractivity contribution in [2.45, 2.75) is 25.9 Å². The molecule has 0 spiro atoms. The highest BCUT2D eigenvalue weighted by Gasteiger charge is 2.05. The largest absolute Gasteiger partial charge is 0.393 e. The van der Waals surface area contributed by atoms with Crippen LogP contribution in [0.25, 0.3) is 0 Å². The van der Waals surface area contributed by atoms with E-state index in [1.165, 1.54) is 0 Å². The Morgan fingerprint density at radius 1 is 1.60 bits per heavy atom. The van der Waals surface area contributed by atoms with Crippen LogP contribution in [-0.2, 0) is 4.79 Å². The number of halogens is 1. The molecule has 0 fully saturated rings. The first-order valence-corrected chi connectivity index (χ1v) is 4.93. The maximum absolute atomic E-state index is 11.3. The van der Waals surface area contributed by atoms with Gasteiger partial charge >= 0.3 is 0 Å². The molecule has 82 valence electrons. The lowest BCUT2D eigenvalue weighted by Gasteiger charge is -2.04. The van der Waals surface area contributed by atoms with Crippen LogP contribution in [0.4, 0.5) is 5.82 Å². The zero-order valence-corrected chi connectivity index (χ0v) is 9.03. The van der Waals surface area contributed by atoms with Crippen LogP contribution in [0.2, 0.25) is 5.15 Å². The van der Waals surface area contributed by atoms with Crippen LogP contribution in [0, 0.1) is 0 Å². The Bertz CT molecular complexity index is 327. The van der Waals surface area contributed by atoms with Crippen molar-refractivity contribution in [3.8, 4) is 0 Å². The van der Waals surface area contributed by atoms with Crippen molar-refractivity contribution in [2.24, 2.45) is 0 Å². The third-order valence-electron chi connectivity index (χ3n) is 1.69. The maximum Gasteiger partial charge on any atom is 0.225 e. The number of aliphatic hydroxyl groups is 1. The molecule has 0 bridgehead atoms. The molecule has 1 amide bonds. The number of nitrogens with one attached hydrogen (secondary N) is 1. The van der Waals surface area contributed by atoms with Gasteiger partial charge in [0.15, 0.2) is 11.0 Å². The molecule has 0 aliphatic carbocycles. The van der Waals surface area contributed by atoms with E-state index in [-0.39, 0.29) is 17.5 Å². The van der Waals surface area contributed by atoms with Gasteiger partial charge in [-0.3, -0.25) is 4.79 Å². The van der Waals surface area contributed by atoms with Crippen LogP contribution in [-0.4, -0.2) is 27.3 Å². The molecule has 15 heavy (non-hydrogen) atoms. The molecule has 1 atom stereocenters. The Balaban J connectivity index is 2.41. The molecule has 1 aromatic heterocycles. The lowest BCUT2D eigenvalue weighted by atomic mass is 10.2. The predicted octanol–water partition coefficient (Wildman–Crippen LogP) is 1.23. The van der Waals surface area contributed by atoms with Gasteiger partial charge in [0.2, 0.25) is 5.91 Å². The van der Waals surface area contributed by atoms with Crippen molar-refractivity contribution in [3.05, 3.63) is 17.3 Å². The molecule has 1 unspecified atom stereocenters. The average molecular weight is 230 g/mol. The number of hydrogen-bond acceptors (Lipinski definition) is 4. The van der Waals surface area contributed by atoms with Crippen molar-refractivity contribution in [3.63, 3.8) is 0 Å². The summed E-state index contributed by atoms with van der Waals surface area (Å²) in [6.07, 6.45) is 0.196. The highest BCUT2D eigenvalue weighted by Crippen LogP contribution is 2.07. The summed E-state index contributed by atoms with van der Waals surface area (Å²) >= 11 is 5.53. The number of rotatable bonds is 4. The van der Waals surface area contributed by atoms with Crippen LogP contribution < -0.4 is 5.32 Å². The second-order valence-corrected chi connectivity index (χ2v) is 3.56. The summed E-state index contributed by atoms with van der Waals surface area (Å²) in [7, 11) is 0. The summed E-state index contributed by atoms with van der Waals surface area (Å²) in [5.41, 5.74) is 0. The molecular weight excluding hydrogens is 218 g/mol. The fraction of sp³-hybridized carbons (Fsp3) is 0.444. The number of anilines is 1. The van der Waals surface area contributed by atoms with E-state index in [2.05, 4.69) is 15.5 Å². The van der Waals surface area contributed by atoms with Crippen LogP contribution in [0.3, 0.4) is 0 Å². The number of amides is 1. The minimum absolute atomic E-state index is 0.201. The summed E-state index contributed by atoms with van der Waals surface area (Å²) in [6.45, 7) is 1.63. The number of carbonyl (C=O) groups excluding carboxylic acids is 1. The Labute approximate surface area is 92.5 Å². The average Bonchev–Trinajstić information content (AvgIpc) is 2.19. The second-order valence-electron chi connectivity index (χ2n) is 3.18. The molecule has 0 radical (unpaired) electrons. The van der Waals surface area contributed by atoms with E-state index < -0.39 is 6.10 Å². The summed E-state index contributed by atoms with van der Waals surface area (Å²) in [5, 5.41) is 19.0. The minimum atomic E-state index is -0.480. The fourth-order valence-corrected chi connectivity index (χ4v) is 1.03. The van der Waals surface area contributed by atoms with E-state index in [4.69, 9.17) is 16.7 Å². The highest BCUT2D eigenvalue weighted by atomic mass is 35.5. The SMILES string of the molecule is CC(O)CCC(=O)Nc1ccc(Cl)nn1. The van der Waals surface area contributed by atoms with E-state index in [0.717, 1.165) is 0 Å². The normalized spacial score (nSPS) is 12.2. The second kappa shape index (κ2) is 5.63. The zero-order chi connectivity index (χ0) is 11.3. The first-order valence-electron chi connectivity index (χ1n) is 4.55. The first-order chi connectivity index (χ1) is 7.08. The molecule has 0 aliphatic heterocycles. The van der Waals surface area contributed by atoms with Crippen LogP contribution in [0.5, 0.6) is 0 Å². The third kappa shape index (κ3) is 4.71. The van der Waals surface area contributed by atoms with E-state index in [1.54, 1.807) is 19.1 Å². The van der Waals surface area contributed by atoms with Gasteiger partial charge < -0.3 is 10.4 Å². The monoisotopic (exact) mass is 229 g/mol. The highest BCUT2D eigenvalue weighted by molar-refractivity contribution is 6.29. The van der Waals surface area contributed by atoms with Gasteiger partial charge in [-0.25, -0.2) is 0 Å². The summed E-state index contributed by atoms with van der Waals surface area (Å²) < 4.78 is 0. The Morgan fingerprint density at radius 3 is 2.87 bits per heavy atom. The topological polar surface area (TPSA) is 75.1 Å². The molecule has 1 aromatic rings. The Kier molecular flexibility index (Phi) is 4.45. The predicted molar refractivity (Wildman–Crippen MR) is 56.6 cm³/mol. The third-order valence-corrected chi connectivity index (χ3v) is 1.89. The smallest absolute Gasteiger partial charge is 0.225 e. The van der Waals surface area contributed by atoms with Crippen LogP contribution in [0.1, 0.15) is 19.8 Å². The Hall–Kier alpha value is -1.20. The van der Waals surface area contributed by atoms with E-state index in [0.29, 0.717) is 12.2 Å². The van der Waals surface area contributed by atoms with Crippen LogP contribution >= 0.6 is 11.6 Å². The van der Waals surface area contributed by atoms with Gasteiger partial charge in [-0.05, 0) is 25.5 Å². The first kappa shape index (κ1) is 11.9. The van der Waals surface area contributed by atoms with Crippen molar-refractivity contribution in [1.29, 1.82) is 0 Å². The van der Waals surface area contributed by atoms with E-state index in [1.807, 2.05) is 0 Å². The summed E-state index contributed by atoms with van der Waals surface area (Å²) in [6, 6.07) is 3.11. The fourth-order valence-electron chi connectivity index (χ4n) is 0.928. The molecule has 1 rings (SSSR count). The van der Waals surface area contributed by atoms with Crippen molar-refractivity contribution in [1.82, 2.24) is 10.2 Å². The number of hydrogen-bond donors (Lipinski definition) is 2. The van der Waals surface area contributed by atoms with E-state index in [9.17, 15) is 4.79 Å².